The quantitative estimate of drug-likeness (QED) is 0.317. The van der Waals surface area contributed by atoms with Gasteiger partial charge in [-0.3, -0.25) is 0 Å². The van der Waals surface area contributed by atoms with Crippen LogP contribution in [0.15, 0.2) is 0 Å². The van der Waals surface area contributed by atoms with Gasteiger partial charge in [0.05, 0.1) is 0 Å². The molecule has 0 atom stereocenters. The molecule has 0 aromatic heterocycles. The van der Waals surface area contributed by atoms with Crippen molar-refractivity contribution in [2.75, 3.05) is 0 Å². The van der Waals surface area contributed by atoms with Crippen molar-refractivity contribution in [3.05, 3.63) is 20.2 Å². The van der Waals surface area contributed by atoms with E-state index in [1.807, 2.05) is 0 Å². The Bertz CT molecular complexity index is 73.7. The molecule has 0 fully saturated rings. The molecule has 0 saturated carbocycles. The van der Waals surface area contributed by atoms with Gasteiger partial charge in [-0.15, -0.1) is 32.6 Å². The minimum atomic E-state index is -1.50. The first-order chi connectivity index (χ1) is 3.46. The van der Waals surface area contributed by atoms with E-state index in [4.69, 9.17) is 30.6 Å². The fourth-order valence-corrected chi connectivity index (χ4v) is 0. The molecule has 0 spiro atoms. The van der Waals surface area contributed by atoms with Crippen molar-refractivity contribution in [2.45, 2.75) is 0 Å². The zero-order chi connectivity index (χ0) is 7.15. The predicted molar refractivity (Wildman–Crippen MR) is 33.4 cm³/mol. The summed E-state index contributed by atoms with van der Waals surface area (Å²) in [5.41, 5.74) is 0. The summed E-state index contributed by atoms with van der Waals surface area (Å²) in [6.45, 7) is 0. The van der Waals surface area contributed by atoms with Gasteiger partial charge >= 0.3 is 45.5 Å². The molecule has 0 radical (unpaired) electrons. The third kappa shape index (κ3) is 14400. The summed E-state index contributed by atoms with van der Waals surface area (Å²) in [7, 11) is 0. The summed E-state index contributed by atoms with van der Waals surface area (Å²) in [6, 6.07) is 0. The van der Waals surface area contributed by atoms with E-state index in [0.717, 1.165) is 0 Å². The number of halogens is 1. The Balaban J connectivity index is -0.0000000300. The second-order valence-electron chi connectivity index (χ2n) is 0.476. The molecule has 0 aliphatic carbocycles. The molecule has 0 aliphatic rings. The molecule has 0 heterocycles. The maximum absolute atomic E-state index is 8.36. The number of hydrogen-bond donors (Lipinski definition) is 2. The van der Waals surface area contributed by atoms with E-state index >= 15 is 0 Å². The van der Waals surface area contributed by atoms with Crippen molar-refractivity contribution >= 4 is 57.9 Å². The topological polar surface area (TPSA) is 127 Å². The van der Waals surface area contributed by atoms with E-state index in [1.54, 1.807) is 0 Å². The van der Waals surface area contributed by atoms with Gasteiger partial charge in [0.2, 0.25) is 0 Å². The zero-order valence-electron chi connectivity index (χ0n) is 3.83. The van der Waals surface area contributed by atoms with Gasteiger partial charge in [-0.2, -0.15) is 0 Å². The standard InChI is InChI=1S/ClH.2HNO3.Sr.2H/c;2*2-1(3)4;;;/h1H;2*(H,2,3,4);;;. The van der Waals surface area contributed by atoms with Gasteiger partial charge in [0.1, 0.15) is 0 Å². The van der Waals surface area contributed by atoms with Crippen molar-refractivity contribution in [3.8, 4) is 0 Å². The van der Waals surface area contributed by atoms with E-state index in [1.165, 1.54) is 0 Å². The van der Waals surface area contributed by atoms with Crippen molar-refractivity contribution in [1.29, 1.82) is 0 Å². The maximum atomic E-state index is 8.36. The van der Waals surface area contributed by atoms with E-state index in [-0.39, 0.29) is 57.9 Å². The van der Waals surface area contributed by atoms with Crippen LogP contribution in [0.4, 0.5) is 0 Å². The van der Waals surface area contributed by atoms with Gasteiger partial charge in [-0.1, -0.05) is 0 Å². The van der Waals surface area contributed by atoms with Gasteiger partial charge in [0.25, 0.3) is 10.2 Å². The van der Waals surface area contributed by atoms with Crippen LogP contribution in [0.5, 0.6) is 0 Å². The average molecular weight is 252 g/mol. The number of rotatable bonds is 0. The first-order valence-electron chi connectivity index (χ1n) is 1.13. The fraction of sp³-hybridized carbons (Fsp3) is 0. The fourth-order valence-electron chi connectivity index (χ4n) is 0. The molecule has 0 aromatic rings. The zero-order valence-corrected chi connectivity index (χ0v) is 4.65. The van der Waals surface area contributed by atoms with Crippen molar-refractivity contribution in [3.63, 3.8) is 0 Å². The van der Waals surface area contributed by atoms with Crippen LogP contribution in [0, 0.1) is 20.2 Å². The summed E-state index contributed by atoms with van der Waals surface area (Å²) < 4.78 is 0. The minimum absolute atomic E-state index is 0. The first-order valence-corrected chi connectivity index (χ1v) is 1.13. The summed E-state index contributed by atoms with van der Waals surface area (Å²) in [4.78, 5) is 16.7. The molecule has 0 bridgehead atoms. The van der Waals surface area contributed by atoms with Crippen LogP contribution in [0.25, 0.3) is 0 Å². The predicted octanol–water partition coefficient (Wildman–Crippen LogP) is -1.19. The van der Waals surface area contributed by atoms with Crippen molar-refractivity contribution < 1.29 is 20.6 Å². The Morgan fingerprint density at radius 3 is 1.00 bits per heavy atom. The van der Waals surface area contributed by atoms with E-state index < -0.39 is 10.2 Å². The number of hydrogen-bond acceptors (Lipinski definition) is 4. The SMILES string of the molecule is Cl.O=[N+]([O-])O.O=[N+]([O-])O.[SrH2]. The molecule has 0 aliphatic heterocycles. The van der Waals surface area contributed by atoms with Crippen LogP contribution in [0.1, 0.15) is 0 Å². The second kappa shape index (κ2) is 16.1. The molecule has 0 amide bonds. The Kier molecular flexibility index (Phi) is 36.1. The monoisotopic (exact) mass is 252 g/mol. The normalized spacial score (nSPS) is 4.80. The summed E-state index contributed by atoms with van der Waals surface area (Å²) in [5.74, 6) is 0. The first kappa shape index (κ1) is 22.5. The Labute approximate surface area is 97.7 Å². The molecule has 2 N–H and O–H groups in total. The molecular weight excluding hydrogens is 247 g/mol. The number of nitrogens with zero attached hydrogens (tertiary/aromatic N) is 2. The summed E-state index contributed by atoms with van der Waals surface area (Å²) in [6.07, 6.45) is 0. The summed E-state index contributed by atoms with van der Waals surface area (Å²) in [5, 5.41) is 27.3. The van der Waals surface area contributed by atoms with Gasteiger partial charge in [0.15, 0.2) is 0 Å². The van der Waals surface area contributed by atoms with Crippen LogP contribution in [0.3, 0.4) is 0 Å². The molecule has 10 heteroatoms. The third-order valence-corrected chi connectivity index (χ3v) is 0. The molecular formula is H5ClN2O6Sr. The van der Waals surface area contributed by atoms with Crippen LogP contribution < -0.4 is 0 Å². The molecule has 8 nitrogen and oxygen atoms in total. The van der Waals surface area contributed by atoms with Gasteiger partial charge < -0.3 is 10.4 Å². The molecule has 0 aromatic carbocycles. The van der Waals surface area contributed by atoms with Gasteiger partial charge in [0, 0.05) is 0 Å². The van der Waals surface area contributed by atoms with Crippen molar-refractivity contribution in [1.82, 2.24) is 0 Å². The summed E-state index contributed by atoms with van der Waals surface area (Å²) >= 11 is 0. The van der Waals surface area contributed by atoms with Gasteiger partial charge in [-0.05, 0) is 0 Å². The molecule has 10 heavy (non-hydrogen) atoms. The van der Waals surface area contributed by atoms with Crippen molar-refractivity contribution in [2.24, 2.45) is 0 Å². The van der Waals surface area contributed by atoms with Crippen LogP contribution >= 0.6 is 12.4 Å². The van der Waals surface area contributed by atoms with Crippen LogP contribution in [-0.4, -0.2) is 66.1 Å². The Morgan fingerprint density at radius 1 is 1.00 bits per heavy atom. The molecule has 0 rings (SSSR count). The van der Waals surface area contributed by atoms with E-state index in [9.17, 15) is 0 Å². The van der Waals surface area contributed by atoms with Crippen LogP contribution in [0.2, 0.25) is 0 Å². The van der Waals surface area contributed by atoms with Crippen LogP contribution in [-0.2, 0) is 0 Å². The van der Waals surface area contributed by atoms with E-state index in [0.29, 0.717) is 0 Å². The molecule has 0 unspecified atom stereocenters. The third-order valence-electron chi connectivity index (χ3n) is 0. The molecule has 60 valence electrons. The molecule has 0 saturated heterocycles. The van der Waals surface area contributed by atoms with Gasteiger partial charge in [-0.25, -0.2) is 0 Å². The second-order valence-corrected chi connectivity index (χ2v) is 0.476. The average Bonchev–Trinajstić information content (AvgIpc) is 1.25. The Morgan fingerprint density at radius 2 is 1.00 bits per heavy atom. The Hall–Kier alpha value is 0.171. The van der Waals surface area contributed by atoms with E-state index in [2.05, 4.69) is 0 Å².